The molecule has 0 spiro atoms. The van der Waals surface area contributed by atoms with Gasteiger partial charge in [0.05, 0.1) is 30.3 Å². The summed E-state index contributed by atoms with van der Waals surface area (Å²) in [6, 6.07) is 4.88. The number of ether oxygens (including phenoxy) is 1. The number of nitrogens with one attached hydrogen (secondary N) is 2. The minimum Gasteiger partial charge on any atom is -0.434 e. The first kappa shape index (κ1) is 17.9. The van der Waals surface area contributed by atoms with Crippen LogP contribution in [-0.4, -0.2) is 43.5 Å². The van der Waals surface area contributed by atoms with Crippen molar-refractivity contribution in [1.82, 2.24) is 24.8 Å². The second-order valence-corrected chi connectivity index (χ2v) is 6.45. The molecule has 150 valence electrons. The molecule has 1 aliphatic rings. The van der Waals surface area contributed by atoms with E-state index in [2.05, 4.69) is 30.6 Å². The molecule has 0 atom stereocenters. The maximum Gasteiger partial charge on any atom is 0.387 e. The smallest absolute Gasteiger partial charge is 0.387 e. The van der Waals surface area contributed by atoms with Gasteiger partial charge in [-0.05, 0) is 29.3 Å². The number of aromatic nitrogens is 5. The Bertz CT molecular complexity index is 1300. The Labute approximate surface area is 167 Å². The fourth-order valence-electron chi connectivity index (χ4n) is 3.29. The molecule has 0 radical (unpaired) electrons. The monoisotopic (exact) mass is 409 g/mol. The Kier molecular flexibility index (Phi) is 4.20. The zero-order valence-electron chi connectivity index (χ0n) is 15.2. The van der Waals surface area contributed by atoms with Gasteiger partial charge in [0.15, 0.2) is 5.65 Å². The number of hydrogen-bond donors (Lipinski definition) is 2. The Morgan fingerprint density at radius 2 is 2.20 bits per heavy atom. The molecule has 11 heteroatoms. The Morgan fingerprint density at radius 3 is 3.07 bits per heavy atom. The highest BCUT2D eigenvalue weighted by Gasteiger charge is 2.22. The number of alkyl halides is 2. The van der Waals surface area contributed by atoms with Crippen LogP contribution in [0, 0.1) is 0 Å². The number of carbonyl (C=O) groups excluding carboxylic acids is 1. The Morgan fingerprint density at radius 1 is 1.30 bits per heavy atom. The third-order valence-corrected chi connectivity index (χ3v) is 4.63. The van der Waals surface area contributed by atoms with Crippen molar-refractivity contribution in [2.75, 3.05) is 5.32 Å². The first-order chi connectivity index (χ1) is 14.6. The number of anilines is 1. The summed E-state index contributed by atoms with van der Waals surface area (Å²) in [4.78, 5) is 21.1. The molecule has 2 N–H and O–H groups in total. The molecule has 1 aromatic carbocycles. The molecule has 0 fully saturated rings. The number of H-pyrrole nitrogens is 1. The molecule has 0 aliphatic carbocycles. The average molecular weight is 409 g/mol. The normalized spacial score (nSPS) is 12.5. The minimum atomic E-state index is -3.00. The van der Waals surface area contributed by atoms with Crippen LogP contribution in [0.4, 0.5) is 14.5 Å². The highest BCUT2D eigenvalue weighted by molar-refractivity contribution is 6.09. The summed E-state index contributed by atoms with van der Waals surface area (Å²) in [6.45, 7) is -2.61. The molecule has 9 nitrogen and oxygen atoms in total. The fraction of sp³-hybridized carbons (Fsp3) is 0.105. The lowest BCUT2D eigenvalue weighted by molar-refractivity contribution is -0.0495. The molecule has 3 aromatic heterocycles. The van der Waals surface area contributed by atoms with E-state index in [1.807, 2.05) is 0 Å². The summed E-state index contributed by atoms with van der Waals surface area (Å²) >= 11 is 0. The SMILES string of the molecule is O=C(Nc1cn[nH]c1-c1cc2c(cc1OC(F)F)CN=C2)c1cnn2cccnc12. The quantitative estimate of drug-likeness (QED) is 0.527. The standard InChI is InChI=1S/C19H13F2N7O2/c20-19(21)30-15-5-11-7-22-6-10(11)4-12(15)16-14(9-24-27-16)26-18(29)13-8-25-28-3-1-2-23-17(13)28/h1-6,8-9,19H,7H2,(H,24,27)(H,26,29). The Hall–Kier alpha value is -4.15. The molecule has 0 unspecified atom stereocenters. The van der Waals surface area contributed by atoms with Crippen molar-refractivity contribution >= 4 is 23.5 Å². The number of benzene rings is 1. The van der Waals surface area contributed by atoms with Gasteiger partial charge in [-0.15, -0.1) is 0 Å². The topological polar surface area (TPSA) is 110 Å². The lowest BCUT2D eigenvalue weighted by Gasteiger charge is -2.13. The van der Waals surface area contributed by atoms with Gasteiger partial charge in [0.1, 0.15) is 11.3 Å². The first-order valence-electron chi connectivity index (χ1n) is 8.85. The van der Waals surface area contributed by atoms with Gasteiger partial charge in [0.25, 0.3) is 5.91 Å². The number of aliphatic imine (C=N–C) groups is 1. The number of hydrogen-bond acceptors (Lipinski definition) is 6. The van der Waals surface area contributed by atoms with Gasteiger partial charge in [-0.1, -0.05) is 0 Å². The summed E-state index contributed by atoms with van der Waals surface area (Å²) in [7, 11) is 0. The number of fused-ring (bicyclic) bond motifs is 2. The zero-order valence-corrected chi connectivity index (χ0v) is 15.2. The fourth-order valence-corrected chi connectivity index (χ4v) is 3.29. The van der Waals surface area contributed by atoms with E-state index in [9.17, 15) is 13.6 Å². The van der Waals surface area contributed by atoms with Crippen LogP contribution in [0.1, 0.15) is 21.5 Å². The number of amides is 1. The maximum absolute atomic E-state index is 13.0. The predicted molar refractivity (Wildman–Crippen MR) is 103 cm³/mol. The van der Waals surface area contributed by atoms with Crippen molar-refractivity contribution in [3.63, 3.8) is 0 Å². The molecule has 0 saturated heterocycles. The highest BCUT2D eigenvalue weighted by atomic mass is 19.3. The molecule has 30 heavy (non-hydrogen) atoms. The molecule has 0 bridgehead atoms. The first-order valence-corrected chi connectivity index (χ1v) is 8.85. The lowest BCUT2D eigenvalue weighted by Crippen LogP contribution is -2.12. The van der Waals surface area contributed by atoms with E-state index in [4.69, 9.17) is 4.74 Å². The van der Waals surface area contributed by atoms with Crippen LogP contribution in [0.15, 0.2) is 48.0 Å². The van der Waals surface area contributed by atoms with E-state index in [0.29, 0.717) is 29.1 Å². The van der Waals surface area contributed by atoms with Crippen molar-refractivity contribution in [3.05, 3.63) is 59.7 Å². The molecule has 4 aromatic rings. The third kappa shape index (κ3) is 3.05. The molecule has 5 rings (SSSR count). The number of carbonyl (C=O) groups is 1. The van der Waals surface area contributed by atoms with E-state index < -0.39 is 12.5 Å². The summed E-state index contributed by atoms with van der Waals surface area (Å²) in [5.74, 6) is -0.503. The largest absolute Gasteiger partial charge is 0.434 e. The molecule has 1 amide bonds. The van der Waals surface area contributed by atoms with Crippen LogP contribution in [-0.2, 0) is 6.54 Å². The number of halogens is 2. The third-order valence-electron chi connectivity index (χ3n) is 4.63. The second kappa shape index (κ2) is 7.03. The van der Waals surface area contributed by atoms with Crippen LogP contribution in [0.5, 0.6) is 5.75 Å². The molecule has 1 aliphatic heterocycles. The highest BCUT2D eigenvalue weighted by Crippen LogP contribution is 2.37. The molecular formula is C19H13F2N7O2. The number of aromatic amines is 1. The molecule has 0 saturated carbocycles. The van der Waals surface area contributed by atoms with E-state index in [0.717, 1.165) is 11.1 Å². The second-order valence-electron chi connectivity index (χ2n) is 6.45. The van der Waals surface area contributed by atoms with Gasteiger partial charge in [-0.3, -0.25) is 14.9 Å². The van der Waals surface area contributed by atoms with Gasteiger partial charge in [0.2, 0.25) is 0 Å². The van der Waals surface area contributed by atoms with E-state index >= 15 is 0 Å². The molecular weight excluding hydrogens is 396 g/mol. The van der Waals surface area contributed by atoms with Crippen LogP contribution < -0.4 is 10.1 Å². The van der Waals surface area contributed by atoms with Gasteiger partial charge >= 0.3 is 6.61 Å². The maximum atomic E-state index is 13.0. The minimum absolute atomic E-state index is 0.0355. The predicted octanol–water partition coefficient (Wildman–Crippen LogP) is 2.91. The zero-order chi connectivity index (χ0) is 20.7. The van der Waals surface area contributed by atoms with Crippen molar-refractivity contribution in [2.24, 2.45) is 4.99 Å². The van der Waals surface area contributed by atoms with Crippen LogP contribution in [0.2, 0.25) is 0 Å². The molecule has 4 heterocycles. The van der Waals surface area contributed by atoms with Gasteiger partial charge < -0.3 is 10.1 Å². The van der Waals surface area contributed by atoms with Crippen molar-refractivity contribution in [1.29, 1.82) is 0 Å². The summed E-state index contributed by atoms with van der Waals surface area (Å²) < 4.78 is 32.1. The Balaban J connectivity index is 1.52. The summed E-state index contributed by atoms with van der Waals surface area (Å²) in [5, 5.41) is 13.5. The van der Waals surface area contributed by atoms with Gasteiger partial charge in [0, 0.05) is 24.2 Å². The van der Waals surface area contributed by atoms with Gasteiger partial charge in [-0.25, -0.2) is 9.50 Å². The van der Waals surface area contributed by atoms with Crippen molar-refractivity contribution in [3.8, 4) is 17.0 Å². The average Bonchev–Trinajstić information content (AvgIpc) is 3.45. The van der Waals surface area contributed by atoms with E-state index in [-0.39, 0.29) is 11.3 Å². The van der Waals surface area contributed by atoms with Crippen molar-refractivity contribution < 1.29 is 18.3 Å². The number of nitrogens with zero attached hydrogens (tertiary/aromatic N) is 5. The van der Waals surface area contributed by atoms with Crippen LogP contribution in [0.25, 0.3) is 16.9 Å². The summed E-state index contributed by atoms with van der Waals surface area (Å²) in [6.07, 6.45) is 7.66. The van der Waals surface area contributed by atoms with Crippen LogP contribution in [0.3, 0.4) is 0 Å². The van der Waals surface area contributed by atoms with E-state index in [1.54, 1.807) is 30.7 Å². The lowest BCUT2D eigenvalue weighted by atomic mass is 10.0. The van der Waals surface area contributed by atoms with E-state index in [1.165, 1.54) is 23.0 Å². The van der Waals surface area contributed by atoms with Crippen molar-refractivity contribution in [2.45, 2.75) is 13.2 Å². The summed E-state index contributed by atoms with van der Waals surface area (Å²) in [5.41, 5.74) is 3.15. The van der Waals surface area contributed by atoms with Crippen LogP contribution >= 0.6 is 0 Å². The van der Waals surface area contributed by atoms with Gasteiger partial charge in [-0.2, -0.15) is 19.0 Å². The number of rotatable bonds is 5.